The predicted molar refractivity (Wildman–Crippen MR) is 75.7 cm³/mol. The van der Waals surface area contributed by atoms with Crippen molar-refractivity contribution in [1.82, 2.24) is 9.97 Å². The molecule has 21 heavy (non-hydrogen) atoms. The van der Waals surface area contributed by atoms with E-state index >= 15 is 0 Å². The molecule has 3 amide bonds. The molecule has 0 fully saturated rings. The van der Waals surface area contributed by atoms with Crippen molar-refractivity contribution in [3.05, 3.63) is 36.5 Å². The molecule has 1 heterocycles. The Labute approximate surface area is 119 Å². The van der Waals surface area contributed by atoms with Crippen molar-refractivity contribution in [2.75, 3.05) is 16.4 Å². The Bertz CT molecular complexity index is 661. The van der Waals surface area contributed by atoms with E-state index in [9.17, 15) is 9.59 Å². The summed E-state index contributed by atoms with van der Waals surface area (Å²) >= 11 is 0. The maximum absolute atomic E-state index is 11.7. The first-order valence-corrected chi connectivity index (χ1v) is 5.77. The van der Waals surface area contributed by atoms with Crippen LogP contribution in [0, 0.1) is 0 Å². The van der Waals surface area contributed by atoms with Crippen molar-refractivity contribution >= 4 is 29.6 Å². The van der Waals surface area contributed by atoms with Gasteiger partial charge in [-0.25, -0.2) is 14.6 Å². The molecule has 9 nitrogen and oxygen atoms in total. The Hall–Kier alpha value is -3.36. The second-order valence-electron chi connectivity index (χ2n) is 3.81. The van der Waals surface area contributed by atoms with Gasteiger partial charge < -0.3 is 16.2 Å². The number of aromatic nitrogens is 2. The summed E-state index contributed by atoms with van der Waals surface area (Å²) in [5.41, 5.74) is 11.1. The van der Waals surface area contributed by atoms with Crippen LogP contribution in [0.15, 0.2) is 36.5 Å². The molecule has 0 radical (unpaired) electrons. The van der Waals surface area contributed by atoms with Crippen LogP contribution >= 0.6 is 0 Å². The minimum Gasteiger partial charge on any atom is -0.404 e. The molecule has 0 aliphatic carbocycles. The number of para-hydroxylation sites is 1. The van der Waals surface area contributed by atoms with Crippen LogP contribution in [0.4, 0.5) is 27.0 Å². The third kappa shape index (κ3) is 4.06. The summed E-state index contributed by atoms with van der Waals surface area (Å²) in [5.74, 6) is -0.244. The second-order valence-corrected chi connectivity index (χ2v) is 3.81. The van der Waals surface area contributed by atoms with Crippen molar-refractivity contribution in [2.45, 2.75) is 0 Å². The first-order chi connectivity index (χ1) is 10.0. The lowest BCUT2D eigenvalue weighted by Crippen LogP contribution is -2.22. The molecule has 0 unspecified atom stereocenters. The Balaban J connectivity index is 2.02. The Morgan fingerprint density at radius 2 is 1.86 bits per heavy atom. The van der Waals surface area contributed by atoms with E-state index in [0.29, 0.717) is 5.69 Å². The van der Waals surface area contributed by atoms with Crippen molar-refractivity contribution in [2.24, 2.45) is 5.73 Å². The highest BCUT2D eigenvalue weighted by atomic mass is 16.6. The summed E-state index contributed by atoms with van der Waals surface area (Å²) < 4.78 is 4.97. The fraction of sp³-hybridized carbons (Fsp3) is 0. The first-order valence-electron chi connectivity index (χ1n) is 5.77. The minimum absolute atomic E-state index is 0.0431. The van der Waals surface area contributed by atoms with Crippen LogP contribution in [-0.2, 0) is 0 Å². The Morgan fingerprint density at radius 1 is 1.14 bits per heavy atom. The number of amides is 3. The van der Waals surface area contributed by atoms with Crippen LogP contribution in [0.3, 0.4) is 0 Å². The van der Waals surface area contributed by atoms with Crippen LogP contribution in [0.5, 0.6) is 5.75 Å². The highest BCUT2D eigenvalue weighted by molar-refractivity contribution is 5.87. The lowest BCUT2D eigenvalue weighted by Gasteiger charge is -2.08. The number of benzene rings is 1. The first kappa shape index (κ1) is 14.1. The average molecular weight is 288 g/mol. The van der Waals surface area contributed by atoms with Gasteiger partial charge in [-0.05, 0) is 12.1 Å². The molecule has 9 heteroatoms. The second kappa shape index (κ2) is 6.19. The lowest BCUT2D eigenvalue weighted by molar-refractivity contribution is 0.215. The third-order valence-corrected chi connectivity index (χ3v) is 2.24. The van der Waals surface area contributed by atoms with E-state index in [1.807, 2.05) is 6.07 Å². The number of primary amides is 1. The molecule has 0 bridgehead atoms. The average Bonchev–Trinajstić information content (AvgIpc) is 2.42. The van der Waals surface area contributed by atoms with Crippen LogP contribution in [0.1, 0.15) is 0 Å². The van der Waals surface area contributed by atoms with Crippen LogP contribution in [-0.4, -0.2) is 22.1 Å². The molecular formula is C12H12N6O3. The molecule has 2 rings (SSSR count). The highest BCUT2D eigenvalue weighted by Crippen LogP contribution is 2.19. The smallest absolute Gasteiger partial charge is 0.404 e. The molecule has 2 aromatic rings. The van der Waals surface area contributed by atoms with E-state index in [0.717, 1.165) is 6.20 Å². The molecule has 1 aromatic carbocycles. The van der Waals surface area contributed by atoms with Gasteiger partial charge in [-0.3, -0.25) is 10.6 Å². The number of carbonyl (C=O) groups excluding carboxylic acids is 2. The van der Waals surface area contributed by atoms with Crippen LogP contribution in [0.25, 0.3) is 0 Å². The SMILES string of the molecule is NC(=O)Nc1ncc(OC(=O)Nc2ccccc2)c(N)n1. The quantitative estimate of drug-likeness (QED) is 0.666. The number of ether oxygens (including phenoxy) is 1. The predicted octanol–water partition coefficient (Wildman–Crippen LogP) is 1.16. The summed E-state index contributed by atoms with van der Waals surface area (Å²) in [6, 6.07) is 7.90. The number of rotatable bonds is 3. The maximum Gasteiger partial charge on any atom is 0.417 e. The monoisotopic (exact) mass is 288 g/mol. The molecule has 108 valence electrons. The van der Waals surface area contributed by atoms with Gasteiger partial charge in [0.25, 0.3) is 0 Å². The number of nitrogens with zero attached hydrogens (tertiary/aromatic N) is 2. The molecule has 0 spiro atoms. The topological polar surface area (TPSA) is 145 Å². The molecule has 1 aromatic heterocycles. The summed E-state index contributed by atoms with van der Waals surface area (Å²) in [7, 11) is 0. The number of nitrogens with two attached hydrogens (primary N) is 2. The zero-order valence-electron chi connectivity index (χ0n) is 10.7. The van der Waals surface area contributed by atoms with E-state index in [1.165, 1.54) is 0 Å². The fourth-order valence-corrected chi connectivity index (χ4v) is 1.40. The van der Waals surface area contributed by atoms with Gasteiger partial charge in [0.2, 0.25) is 5.95 Å². The number of carbonyl (C=O) groups is 2. The number of nitrogens with one attached hydrogen (secondary N) is 2. The molecular weight excluding hydrogens is 276 g/mol. The van der Waals surface area contributed by atoms with Gasteiger partial charge in [0, 0.05) is 5.69 Å². The summed E-state index contributed by atoms with van der Waals surface area (Å²) in [6.45, 7) is 0. The fourth-order valence-electron chi connectivity index (χ4n) is 1.40. The van der Waals surface area contributed by atoms with Crippen molar-refractivity contribution in [3.63, 3.8) is 0 Å². The zero-order valence-corrected chi connectivity index (χ0v) is 10.7. The van der Waals surface area contributed by atoms with Gasteiger partial charge in [0.1, 0.15) is 0 Å². The molecule has 0 aliphatic heterocycles. The number of hydrogen-bond acceptors (Lipinski definition) is 6. The van der Waals surface area contributed by atoms with Gasteiger partial charge >= 0.3 is 12.1 Å². The maximum atomic E-state index is 11.7. The van der Waals surface area contributed by atoms with Crippen molar-refractivity contribution < 1.29 is 14.3 Å². The van der Waals surface area contributed by atoms with Gasteiger partial charge in [-0.1, -0.05) is 18.2 Å². The van der Waals surface area contributed by atoms with Gasteiger partial charge in [0.15, 0.2) is 11.6 Å². The number of hydrogen-bond donors (Lipinski definition) is 4. The van der Waals surface area contributed by atoms with Crippen molar-refractivity contribution in [1.29, 1.82) is 0 Å². The van der Waals surface area contributed by atoms with Crippen LogP contribution < -0.4 is 26.8 Å². The number of nitrogen functional groups attached to an aromatic ring is 1. The largest absolute Gasteiger partial charge is 0.417 e. The van der Waals surface area contributed by atoms with E-state index < -0.39 is 12.1 Å². The highest BCUT2D eigenvalue weighted by Gasteiger charge is 2.11. The van der Waals surface area contributed by atoms with E-state index in [2.05, 4.69) is 20.6 Å². The minimum atomic E-state index is -0.829. The third-order valence-electron chi connectivity index (χ3n) is 2.24. The van der Waals surface area contributed by atoms with E-state index in [4.69, 9.17) is 16.2 Å². The van der Waals surface area contributed by atoms with E-state index in [-0.39, 0.29) is 17.5 Å². The molecule has 0 saturated carbocycles. The molecule has 0 saturated heterocycles. The Kier molecular flexibility index (Phi) is 4.14. The summed E-state index contributed by atoms with van der Waals surface area (Å²) in [6.07, 6.45) is 0.408. The zero-order chi connectivity index (χ0) is 15.2. The summed E-state index contributed by atoms with van der Waals surface area (Å²) in [5, 5.41) is 4.65. The molecule has 6 N–H and O–H groups in total. The van der Waals surface area contributed by atoms with Gasteiger partial charge in [-0.2, -0.15) is 4.98 Å². The summed E-state index contributed by atoms with van der Waals surface area (Å²) in [4.78, 5) is 29.8. The molecule has 0 aliphatic rings. The van der Waals surface area contributed by atoms with Crippen LogP contribution in [0.2, 0.25) is 0 Å². The number of urea groups is 1. The lowest BCUT2D eigenvalue weighted by atomic mass is 10.3. The van der Waals surface area contributed by atoms with Gasteiger partial charge in [-0.15, -0.1) is 0 Å². The van der Waals surface area contributed by atoms with Crippen molar-refractivity contribution in [3.8, 4) is 5.75 Å². The number of anilines is 3. The Morgan fingerprint density at radius 3 is 2.48 bits per heavy atom. The standard InChI is InChI=1S/C12H12N6O3/c13-9-8(6-15-11(17-9)18-10(14)19)21-12(20)16-7-4-2-1-3-5-7/h1-6H,(H,16,20)(H5,13,14,15,17,18,19). The van der Waals surface area contributed by atoms with E-state index in [1.54, 1.807) is 24.3 Å². The normalized spacial score (nSPS) is 9.71. The molecule has 0 atom stereocenters. The van der Waals surface area contributed by atoms with Gasteiger partial charge in [0.05, 0.1) is 6.20 Å².